The van der Waals surface area contributed by atoms with Crippen molar-refractivity contribution < 1.29 is 13.9 Å². The number of hydrogen-bond acceptors (Lipinski definition) is 5. The van der Waals surface area contributed by atoms with Gasteiger partial charge in [0.05, 0.1) is 18.9 Å². The molecule has 2 heterocycles. The third-order valence-electron chi connectivity index (χ3n) is 3.79. The van der Waals surface area contributed by atoms with Crippen molar-refractivity contribution in [3.63, 3.8) is 0 Å². The van der Waals surface area contributed by atoms with E-state index >= 15 is 0 Å². The lowest BCUT2D eigenvalue weighted by atomic mass is 10.2. The first kappa shape index (κ1) is 16.6. The Bertz CT molecular complexity index is 751. The van der Waals surface area contributed by atoms with Crippen molar-refractivity contribution in [3.8, 4) is 5.75 Å². The van der Waals surface area contributed by atoms with Crippen LogP contribution >= 0.6 is 15.9 Å². The number of carbonyl (C=O) groups is 1. The minimum absolute atomic E-state index is 0.351. The fourth-order valence-electron chi connectivity index (χ4n) is 2.59. The molecule has 7 heteroatoms. The van der Waals surface area contributed by atoms with Crippen molar-refractivity contribution in [3.05, 3.63) is 46.1 Å². The van der Waals surface area contributed by atoms with Crippen LogP contribution in [0.5, 0.6) is 5.75 Å². The van der Waals surface area contributed by atoms with Gasteiger partial charge in [-0.2, -0.15) is 5.10 Å². The van der Waals surface area contributed by atoms with Crippen molar-refractivity contribution in [2.75, 3.05) is 25.1 Å². The highest BCUT2D eigenvalue weighted by Crippen LogP contribution is 2.23. The third-order valence-corrected chi connectivity index (χ3v) is 4.29. The molecule has 2 aromatic rings. The maximum absolute atomic E-state index is 12.2. The minimum Gasteiger partial charge on any atom is -0.496 e. The number of nitrogens with one attached hydrogen (secondary N) is 1. The molecule has 0 saturated carbocycles. The normalized spacial score (nSPS) is 14.3. The Labute approximate surface area is 148 Å². The average Bonchev–Trinajstić information content (AvgIpc) is 3.26. The molecule has 1 aromatic carbocycles. The second-order valence-electron chi connectivity index (χ2n) is 5.41. The Morgan fingerprint density at radius 3 is 2.88 bits per heavy atom. The van der Waals surface area contributed by atoms with Crippen LogP contribution < -0.4 is 15.1 Å². The molecule has 1 aliphatic heterocycles. The monoisotopic (exact) mass is 391 g/mol. The van der Waals surface area contributed by atoms with E-state index in [-0.39, 0.29) is 5.91 Å². The van der Waals surface area contributed by atoms with Crippen LogP contribution in [0, 0.1) is 0 Å². The average molecular weight is 392 g/mol. The zero-order valence-electron chi connectivity index (χ0n) is 13.3. The maximum Gasteiger partial charge on any atom is 0.275 e. The summed E-state index contributed by atoms with van der Waals surface area (Å²) in [4.78, 5) is 14.4. The molecule has 1 N–H and O–H groups in total. The predicted molar refractivity (Wildman–Crippen MR) is 95.9 cm³/mol. The second-order valence-corrected chi connectivity index (χ2v) is 6.33. The summed E-state index contributed by atoms with van der Waals surface area (Å²) in [5.74, 6) is 1.57. The van der Waals surface area contributed by atoms with Crippen LogP contribution in [0.3, 0.4) is 0 Å². The standard InChI is InChI=1S/C17H18BrN3O3/c1-23-15-6-4-12(18)10-14(15)17(22)20-19-11-13-5-7-16(24-13)21-8-2-3-9-21/h4-7,10-11H,2-3,8-9H2,1H3,(H,20,22)/b19-11-. The zero-order valence-corrected chi connectivity index (χ0v) is 14.9. The van der Waals surface area contributed by atoms with Gasteiger partial charge >= 0.3 is 0 Å². The summed E-state index contributed by atoms with van der Waals surface area (Å²) in [6.07, 6.45) is 3.87. The van der Waals surface area contributed by atoms with E-state index < -0.39 is 0 Å². The highest BCUT2D eigenvalue weighted by Gasteiger charge is 2.15. The molecule has 126 valence electrons. The Hall–Kier alpha value is -2.28. The second kappa shape index (κ2) is 7.53. The topological polar surface area (TPSA) is 67.1 Å². The van der Waals surface area contributed by atoms with Crippen LogP contribution in [0.1, 0.15) is 29.0 Å². The van der Waals surface area contributed by atoms with Gasteiger partial charge in [-0.3, -0.25) is 4.79 Å². The lowest BCUT2D eigenvalue weighted by molar-refractivity contribution is 0.0952. The first-order chi connectivity index (χ1) is 11.7. The third kappa shape index (κ3) is 3.79. The van der Waals surface area contributed by atoms with Crippen LogP contribution in [0.4, 0.5) is 5.88 Å². The first-order valence-corrected chi connectivity index (χ1v) is 8.48. The lowest BCUT2D eigenvalue weighted by Gasteiger charge is -2.12. The van der Waals surface area contributed by atoms with Gasteiger partial charge in [0.25, 0.3) is 5.91 Å². The minimum atomic E-state index is -0.351. The number of amides is 1. The summed E-state index contributed by atoms with van der Waals surface area (Å²) in [6.45, 7) is 2.03. The Morgan fingerprint density at radius 2 is 2.12 bits per heavy atom. The van der Waals surface area contributed by atoms with Gasteiger partial charge in [-0.15, -0.1) is 0 Å². The highest BCUT2D eigenvalue weighted by molar-refractivity contribution is 9.10. The van der Waals surface area contributed by atoms with Crippen LogP contribution in [-0.4, -0.2) is 32.3 Å². The zero-order chi connectivity index (χ0) is 16.9. The number of benzene rings is 1. The molecular formula is C17H18BrN3O3. The number of hydrazone groups is 1. The fourth-order valence-corrected chi connectivity index (χ4v) is 2.95. The number of methoxy groups -OCH3 is 1. The lowest BCUT2D eigenvalue weighted by Crippen LogP contribution is -2.18. The van der Waals surface area contributed by atoms with Crippen LogP contribution in [0.15, 0.2) is 44.3 Å². The van der Waals surface area contributed by atoms with Gasteiger partial charge in [0.1, 0.15) is 11.5 Å². The molecular weight excluding hydrogens is 374 g/mol. The largest absolute Gasteiger partial charge is 0.496 e. The number of hydrogen-bond donors (Lipinski definition) is 1. The molecule has 1 aromatic heterocycles. The van der Waals surface area contributed by atoms with Gasteiger partial charge in [-0.05, 0) is 37.1 Å². The van der Waals surface area contributed by atoms with Crippen molar-refractivity contribution in [2.24, 2.45) is 5.10 Å². The smallest absolute Gasteiger partial charge is 0.275 e. The van der Waals surface area contributed by atoms with Crippen LogP contribution in [0.25, 0.3) is 0 Å². The van der Waals surface area contributed by atoms with E-state index in [0.717, 1.165) is 23.4 Å². The van der Waals surface area contributed by atoms with Crippen LogP contribution in [-0.2, 0) is 0 Å². The summed E-state index contributed by atoms with van der Waals surface area (Å²) in [6, 6.07) is 8.97. The van der Waals surface area contributed by atoms with E-state index in [0.29, 0.717) is 17.1 Å². The van der Waals surface area contributed by atoms with Crippen molar-refractivity contribution >= 4 is 33.9 Å². The molecule has 0 atom stereocenters. The van der Waals surface area contributed by atoms with E-state index in [4.69, 9.17) is 9.15 Å². The number of anilines is 1. The van der Waals surface area contributed by atoms with Gasteiger partial charge < -0.3 is 14.1 Å². The first-order valence-electron chi connectivity index (χ1n) is 7.69. The van der Waals surface area contributed by atoms with Crippen molar-refractivity contribution in [1.29, 1.82) is 0 Å². The van der Waals surface area contributed by atoms with Gasteiger partial charge in [0, 0.05) is 23.6 Å². The molecule has 0 unspecified atom stereocenters. The Kier molecular flexibility index (Phi) is 5.20. The summed E-state index contributed by atoms with van der Waals surface area (Å²) in [5.41, 5.74) is 2.89. The number of nitrogens with zero attached hydrogens (tertiary/aromatic N) is 2. The predicted octanol–water partition coefficient (Wildman–Crippen LogP) is 3.41. The molecule has 0 spiro atoms. The molecule has 1 aliphatic rings. The molecule has 3 rings (SSSR count). The number of furan rings is 1. The Morgan fingerprint density at radius 1 is 1.33 bits per heavy atom. The Balaban J connectivity index is 1.64. The summed E-state index contributed by atoms with van der Waals surface area (Å²) in [5, 5.41) is 3.96. The van der Waals surface area contributed by atoms with E-state index in [2.05, 4.69) is 31.4 Å². The quantitative estimate of drug-likeness (QED) is 0.626. The number of rotatable bonds is 5. The maximum atomic E-state index is 12.2. The summed E-state index contributed by atoms with van der Waals surface area (Å²) in [7, 11) is 1.52. The van der Waals surface area contributed by atoms with E-state index in [9.17, 15) is 4.79 Å². The van der Waals surface area contributed by atoms with Crippen molar-refractivity contribution in [2.45, 2.75) is 12.8 Å². The number of ether oxygens (including phenoxy) is 1. The van der Waals surface area contributed by atoms with E-state index in [1.54, 1.807) is 12.1 Å². The molecule has 1 saturated heterocycles. The fraction of sp³-hybridized carbons (Fsp3) is 0.294. The molecule has 1 amide bonds. The van der Waals surface area contributed by atoms with E-state index in [1.165, 1.54) is 26.2 Å². The number of halogens is 1. The summed E-state index contributed by atoms with van der Waals surface area (Å²) >= 11 is 3.34. The number of carbonyl (C=O) groups excluding carboxylic acids is 1. The van der Waals surface area contributed by atoms with Gasteiger partial charge in [-0.1, -0.05) is 15.9 Å². The molecule has 6 nitrogen and oxygen atoms in total. The molecule has 0 aliphatic carbocycles. The van der Waals surface area contributed by atoms with E-state index in [1.807, 2.05) is 18.2 Å². The van der Waals surface area contributed by atoms with Gasteiger partial charge in [0.15, 0.2) is 5.88 Å². The SMILES string of the molecule is COc1ccc(Br)cc1C(=O)N/N=C\c1ccc(N2CCCC2)o1. The molecule has 0 radical (unpaired) electrons. The van der Waals surface area contributed by atoms with Gasteiger partial charge in [-0.25, -0.2) is 5.43 Å². The summed E-state index contributed by atoms with van der Waals surface area (Å²) < 4.78 is 11.7. The van der Waals surface area contributed by atoms with Crippen LogP contribution in [0.2, 0.25) is 0 Å². The van der Waals surface area contributed by atoms with Gasteiger partial charge in [0.2, 0.25) is 0 Å². The molecule has 1 fully saturated rings. The molecule has 24 heavy (non-hydrogen) atoms. The molecule has 0 bridgehead atoms. The van der Waals surface area contributed by atoms with Crippen molar-refractivity contribution in [1.82, 2.24) is 5.43 Å². The highest BCUT2D eigenvalue weighted by atomic mass is 79.9.